The number of hydrogen-bond acceptors (Lipinski definition) is 1. The minimum absolute atomic E-state index is 0.799. The highest BCUT2D eigenvalue weighted by atomic mass is 79.9. The average molecular weight is 317 g/mol. The Morgan fingerprint density at radius 2 is 1.88 bits per heavy atom. The number of halogens is 2. The van der Waals surface area contributed by atoms with Gasteiger partial charge in [0.25, 0.3) is 0 Å². The first-order valence-corrected chi connectivity index (χ1v) is 7.62. The van der Waals surface area contributed by atoms with Crippen LogP contribution in [0.4, 0.5) is 5.69 Å². The molecule has 1 nitrogen and oxygen atoms in total. The summed E-state index contributed by atoms with van der Waals surface area (Å²) in [7, 11) is 0. The average Bonchev–Trinajstić information content (AvgIpc) is 2.56. The molecule has 0 spiro atoms. The predicted octanol–water partition coefficient (Wildman–Crippen LogP) is 5.48. The van der Waals surface area contributed by atoms with Crippen LogP contribution in [0.1, 0.15) is 38.5 Å². The SMILES string of the molecule is Clc1cc(Br)ccc1NCC1CCCCCC1. The van der Waals surface area contributed by atoms with Crippen LogP contribution in [-0.4, -0.2) is 6.54 Å². The van der Waals surface area contributed by atoms with Crippen LogP contribution in [0.5, 0.6) is 0 Å². The van der Waals surface area contributed by atoms with Crippen LogP contribution < -0.4 is 5.32 Å². The van der Waals surface area contributed by atoms with Crippen molar-refractivity contribution < 1.29 is 0 Å². The molecule has 2 rings (SSSR count). The second kappa shape index (κ2) is 6.65. The molecule has 0 atom stereocenters. The topological polar surface area (TPSA) is 12.0 Å². The Hall–Kier alpha value is -0.210. The highest BCUT2D eigenvalue weighted by Crippen LogP contribution is 2.27. The van der Waals surface area contributed by atoms with Gasteiger partial charge < -0.3 is 5.32 Å². The van der Waals surface area contributed by atoms with Crippen molar-refractivity contribution >= 4 is 33.2 Å². The van der Waals surface area contributed by atoms with Crippen molar-refractivity contribution in [2.75, 3.05) is 11.9 Å². The lowest BCUT2D eigenvalue weighted by Crippen LogP contribution is -2.13. The molecule has 0 heterocycles. The van der Waals surface area contributed by atoms with E-state index in [9.17, 15) is 0 Å². The van der Waals surface area contributed by atoms with Gasteiger partial charge in [0, 0.05) is 11.0 Å². The van der Waals surface area contributed by atoms with Crippen molar-refractivity contribution in [2.45, 2.75) is 38.5 Å². The van der Waals surface area contributed by atoms with E-state index in [0.29, 0.717) is 0 Å². The zero-order valence-corrected chi connectivity index (χ0v) is 12.4. The second-order valence-corrected chi connectivity index (χ2v) is 6.19. The lowest BCUT2D eigenvalue weighted by atomic mass is 10.0. The molecule has 1 aliphatic rings. The summed E-state index contributed by atoms with van der Waals surface area (Å²) in [5, 5.41) is 4.28. The van der Waals surface area contributed by atoms with Gasteiger partial charge in [0.05, 0.1) is 10.7 Å². The molecule has 0 saturated heterocycles. The van der Waals surface area contributed by atoms with Gasteiger partial charge in [-0.25, -0.2) is 0 Å². The van der Waals surface area contributed by atoms with Crippen LogP contribution in [0.2, 0.25) is 5.02 Å². The van der Waals surface area contributed by atoms with E-state index in [1.807, 2.05) is 18.2 Å². The van der Waals surface area contributed by atoms with Gasteiger partial charge in [-0.15, -0.1) is 0 Å². The van der Waals surface area contributed by atoms with E-state index in [0.717, 1.165) is 27.6 Å². The standard InChI is InChI=1S/C14H19BrClN/c15-12-7-8-14(13(16)9-12)17-10-11-5-3-1-2-4-6-11/h7-9,11,17H,1-6,10H2. The van der Waals surface area contributed by atoms with Gasteiger partial charge in [-0.1, -0.05) is 53.2 Å². The van der Waals surface area contributed by atoms with Crippen LogP contribution in [-0.2, 0) is 0 Å². The summed E-state index contributed by atoms with van der Waals surface area (Å²) in [6, 6.07) is 6.02. The molecule has 0 unspecified atom stereocenters. The van der Waals surface area contributed by atoms with Crippen molar-refractivity contribution in [1.82, 2.24) is 0 Å². The summed E-state index contributed by atoms with van der Waals surface area (Å²) in [4.78, 5) is 0. The smallest absolute Gasteiger partial charge is 0.0648 e. The van der Waals surface area contributed by atoms with E-state index < -0.39 is 0 Å². The maximum absolute atomic E-state index is 6.19. The zero-order chi connectivity index (χ0) is 12.1. The second-order valence-electron chi connectivity index (χ2n) is 4.86. The first-order chi connectivity index (χ1) is 8.25. The Labute approximate surface area is 117 Å². The minimum Gasteiger partial charge on any atom is -0.384 e. The van der Waals surface area contributed by atoms with Crippen molar-refractivity contribution in [3.8, 4) is 0 Å². The van der Waals surface area contributed by atoms with E-state index in [-0.39, 0.29) is 0 Å². The quantitative estimate of drug-likeness (QED) is 0.728. The van der Waals surface area contributed by atoms with Crippen LogP contribution in [0.3, 0.4) is 0 Å². The maximum Gasteiger partial charge on any atom is 0.0648 e. The normalized spacial score (nSPS) is 17.8. The predicted molar refractivity (Wildman–Crippen MR) is 78.8 cm³/mol. The zero-order valence-electron chi connectivity index (χ0n) is 10.0. The van der Waals surface area contributed by atoms with Gasteiger partial charge in [-0.3, -0.25) is 0 Å². The molecule has 1 aromatic carbocycles. The highest BCUT2D eigenvalue weighted by Gasteiger charge is 2.12. The molecular formula is C14H19BrClN. The molecule has 1 N–H and O–H groups in total. The number of benzene rings is 1. The number of nitrogens with one attached hydrogen (secondary N) is 1. The highest BCUT2D eigenvalue weighted by molar-refractivity contribution is 9.10. The number of anilines is 1. The Morgan fingerprint density at radius 3 is 2.53 bits per heavy atom. The molecule has 1 aromatic rings. The van der Waals surface area contributed by atoms with Crippen LogP contribution in [0.25, 0.3) is 0 Å². The van der Waals surface area contributed by atoms with Crippen molar-refractivity contribution in [3.05, 3.63) is 27.7 Å². The lowest BCUT2D eigenvalue weighted by Gasteiger charge is -2.16. The van der Waals surface area contributed by atoms with E-state index in [2.05, 4.69) is 21.2 Å². The monoisotopic (exact) mass is 315 g/mol. The molecule has 0 amide bonds. The van der Waals surface area contributed by atoms with Crippen LogP contribution in [0.15, 0.2) is 22.7 Å². The van der Waals surface area contributed by atoms with E-state index in [1.165, 1.54) is 38.5 Å². The van der Waals surface area contributed by atoms with Crippen molar-refractivity contribution in [3.63, 3.8) is 0 Å². The van der Waals surface area contributed by atoms with Gasteiger partial charge in [-0.05, 0) is 37.0 Å². The van der Waals surface area contributed by atoms with Gasteiger partial charge in [0.1, 0.15) is 0 Å². The van der Waals surface area contributed by atoms with Gasteiger partial charge in [-0.2, -0.15) is 0 Å². The molecule has 0 radical (unpaired) electrons. The first-order valence-electron chi connectivity index (χ1n) is 6.44. The van der Waals surface area contributed by atoms with Gasteiger partial charge >= 0.3 is 0 Å². The molecule has 3 heteroatoms. The van der Waals surface area contributed by atoms with Crippen LogP contribution in [0, 0.1) is 5.92 Å². The minimum atomic E-state index is 0.799. The van der Waals surface area contributed by atoms with Gasteiger partial charge in [0.2, 0.25) is 0 Å². The third-order valence-electron chi connectivity index (χ3n) is 3.49. The molecular weight excluding hydrogens is 298 g/mol. The van der Waals surface area contributed by atoms with E-state index >= 15 is 0 Å². The van der Waals surface area contributed by atoms with E-state index in [1.54, 1.807) is 0 Å². The van der Waals surface area contributed by atoms with E-state index in [4.69, 9.17) is 11.6 Å². The summed E-state index contributed by atoms with van der Waals surface area (Å²) >= 11 is 9.61. The molecule has 17 heavy (non-hydrogen) atoms. The molecule has 0 bridgehead atoms. The Bertz CT molecular complexity index is 359. The molecule has 1 fully saturated rings. The summed E-state index contributed by atoms with van der Waals surface area (Å²) in [5.41, 5.74) is 1.05. The molecule has 1 aliphatic carbocycles. The fourth-order valence-electron chi connectivity index (χ4n) is 2.46. The summed E-state index contributed by atoms with van der Waals surface area (Å²) in [5.74, 6) is 0.817. The molecule has 94 valence electrons. The Kier molecular flexibility index (Phi) is 5.17. The third-order valence-corrected chi connectivity index (χ3v) is 4.29. The number of hydrogen-bond donors (Lipinski definition) is 1. The third kappa shape index (κ3) is 4.18. The Balaban J connectivity index is 1.88. The Morgan fingerprint density at radius 1 is 1.18 bits per heavy atom. The van der Waals surface area contributed by atoms with Crippen molar-refractivity contribution in [2.24, 2.45) is 5.92 Å². The molecule has 0 aromatic heterocycles. The molecule has 0 aliphatic heterocycles. The fraction of sp³-hybridized carbons (Fsp3) is 0.571. The summed E-state index contributed by atoms with van der Waals surface area (Å²) in [6.45, 7) is 1.06. The fourth-order valence-corrected chi connectivity index (χ4v) is 3.20. The number of rotatable bonds is 3. The summed E-state index contributed by atoms with van der Waals surface area (Å²) in [6.07, 6.45) is 8.33. The van der Waals surface area contributed by atoms with Crippen LogP contribution >= 0.6 is 27.5 Å². The largest absolute Gasteiger partial charge is 0.384 e. The summed E-state index contributed by atoms with van der Waals surface area (Å²) < 4.78 is 1.03. The maximum atomic E-state index is 6.19. The van der Waals surface area contributed by atoms with Gasteiger partial charge in [0.15, 0.2) is 0 Å². The van der Waals surface area contributed by atoms with Crippen molar-refractivity contribution in [1.29, 1.82) is 0 Å². The molecule has 1 saturated carbocycles. The lowest BCUT2D eigenvalue weighted by molar-refractivity contribution is 0.483. The first kappa shape index (κ1) is 13.2.